The Kier molecular flexibility index (Phi) is 25.4. The quantitative estimate of drug-likeness (QED) is 0.0350. The molecule has 0 fully saturated rings. The maximum absolute atomic E-state index is 12.2. The third kappa shape index (κ3) is 19.6. The number of nitrogens with one attached hydrogen (secondary N) is 2. The number of benzene rings is 5. The standard InChI is InChI=1S/C23H29N3.C16H25NO.C10H15N.C7H8N2O.C6H11ClO.CH4/c1-7-23(5,6)21-25-24-20(17-13-9-8-10-14-17)26(21)19-16-12-11-15-18(19)22(2,3)4;1-7-16(5,6)14(18)17-13-11-9-8-10-12(13)15(2,3)4;1-10(2,3)8-6-4-5-7-9(8)11;8-9-7(10)6-4-2-1-3-5-6;1-4-6(2,3)5(7)8;/h8-16H,7H2,1-6H3;8-11H,7H2,1-6H3,(H,17,18);4-7H,11H2,1-3H3;1-5H,8H2,(H,9,10);4H2,1-3H3;1H4. The Balaban J connectivity index is 0.000000496. The highest BCUT2D eigenvalue weighted by Gasteiger charge is 2.31. The second-order valence-corrected chi connectivity index (χ2v) is 23.6. The fraction of sp³-hybridized carbons (Fsp3) is 0.444. The van der Waals surface area contributed by atoms with Crippen LogP contribution in [-0.4, -0.2) is 31.8 Å². The molecule has 2 amide bonds. The smallest absolute Gasteiger partial charge is 0.265 e. The van der Waals surface area contributed by atoms with Gasteiger partial charge in [0.25, 0.3) is 5.91 Å². The maximum Gasteiger partial charge on any atom is 0.265 e. The van der Waals surface area contributed by atoms with Gasteiger partial charge in [-0.2, -0.15) is 0 Å². The first-order valence-electron chi connectivity index (χ1n) is 25.4. The molecule has 0 saturated heterocycles. The van der Waals surface area contributed by atoms with E-state index in [2.05, 4.69) is 164 Å². The summed E-state index contributed by atoms with van der Waals surface area (Å²) in [7, 11) is 0. The molecule has 0 atom stereocenters. The number of rotatable bonds is 10. The molecule has 1 aromatic heterocycles. The van der Waals surface area contributed by atoms with Crippen LogP contribution in [0.4, 0.5) is 11.4 Å². The van der Waals surface area contributed by atoms with Crippen LogP contribution in [0, 0.1) is 10.8 Å². The van der Waals surface area contributed by atoms with E-state index >= 15 is 0 Å². The van der Waals surface area contributed by atoms with Crippen molar-refractivity contribution >= 4 is 40.0 Å². The summed E-state index contributed by atoms with van der Waals surface area (Å²) in [4.78, 5) is 33.5. The molecule has 0 aliphatic heterocycles. The second kappa shape index (κ2) is 28.5. The van der Waals surface area contributed by atoms with E-state index in [-0.39, 0.29) is 57.0 Å². The minimum atomic E-state index is -0.332. The van der Waals surface area contributed by atoms with E-state index in [9.17, 15) is 14.4 Å². The molecule has 404 valence electrons. The first kappa shape index (κ1) is 65.9. The summed E-state index contributed by atoms with van der Waals surface area (Å²) in [5.41, 5.74) is 15.7. The lowest BCUT2D eigenvalue weighted by Crippen LogP contribution is -2.31. The minimum absolute atomic E-state index is 0. The van der Waals surface area contributed by atoms with Crippen LogP contribution >= 0.6 is 11.6 Å². The van der Waals surface area contributed by atoms with Crippen molar-refractivity contribution < 1.29 is 14.4 Å². The number of nitrogens with two attached hydrogens (primary N) is 2. The predicted molar refractivity (Wildman–Crippen MR) is 316 cm³/mol. The molecule has 0 bridgehead atoms. The van der Waals surface area contributed by atoms with Gasteiger partial charge < -0.3 is 11.1 Å². The van der Waals surface area contributed by atoms with Crippen LogP contribution < -0.4 is 22.3 Å². The van der Waals surface area contributed by atoms with Crippen molar-refractivity contribution in [2.45, 2.75) is 173 Å². The Labute approximate surface area is 451 Å². The highest BCUT2D eigenvalue weighted by molar-refractivity contribution is 6.64. The second-order valence-electron chi connectivity index (χ2n) is 23.2. The number of hydrogen-bond donors (Lipinski definition) is 4. The number of aromatic nitrogens is 3. The number of nitrogens with zero attached hydrogens (tertiary/aromatic N) is 3. The zero-order valence-corrected chi connectivity index (χ0v) is 48.2. The number of hydrogen-bond acceptors (Lipinski definition) is 7. The normalized spacial score (nSPS) is 11.5. The SMILES string of the molecule is C.CC(C)(C)c1ccccc1N.CCC(C)(C)C(=O)Cl.CCC(C)(C)C(=O)Nc1ccccc1C(C)(C)C.CCC(C)(C)c1nnc(-c2ccccc2)n1-c1ccccc1C(C)(C)C.NNC(=O)c1ccccc1. The van der Waals surface area contributed by atoms with Gasteiger partial charge in [0.15, 0.2) is 5.82 Å². The summed E-state index contributed by atoms with van der Waals surface area (Å²) < 4.78 is 2.26. The molecule has 0 radical (unpaired) electrons. The molecule has 6 aromatic rings. The van der Waals surface area contributed by atoms with E-state index in [0.29, 0.717) is 5.56 Å². The van der Waals surface area contributed by atoms with Gasteiger partial charge in [0.2, 0.25) is 11.1 Å². The van der Waals surface area contributed by atoms with E-state index < -0.39 is 0 Å². The van der Waals surface area contributed by atoms with Gasteiger partial charge in [0.05, 0.1) is 5.69 Å². The number of carbonyl (C=O) groups is 3. The molecule has 0 unspecified atom stereocenters. The van der Waals surface area contributed by atoms with Gasteiger partial charge in [-0.3, -0.25) is 24.4 Å². The van der Waals surface area contributed by atoms with Gasteiger partial charge in [-0.15, -0.1) is 10.2 Å². The first-order chi connectivity index (χ1) is 33.8. The third-order valence-electron chi connectivity index (χ3n) is 13.0. The average molecular weight is 1030 g/mol. The Morgan fingerprint density at radius 1 is 0.541 bits per heavy atom. The lowest BCUT2D eigenvalue weighted by atomic mass is 9.84. The maximum atomic E-state index is 12.2. The van der Waals surface area contributed by atoms with Crippen molar-refractivity contribution in [2.75, 3.05) is 11.1 Å². The molecule has 0 spiro atoms. The van der Waals surface area contributed by atoms with Crippen LogP contribution in [0.5, 0.6) is 0 Å². The molecule has 5 aromatic carbocycles. The van der Waals surface area contributed by atoms with Crippen molar-refractivity contribution in [3.63, 3.8) is 0 Å². The van der Waals surface area contributed by atoms with Crippen LogP contribution in [0.3, 0.4) is 0 Å². The van der Waals surface area contributed by atoms with E-state index in [1.165, 1.54) is 22.4 Å². The van der Waals surface area contributed by atoms with Crippen molar-refractivity contribution in [2.24, 2.45) is 16.7 Å². The lowest BCUT2D eigenvalue weighted by molar-refractivity contribution is -0.124. The molecule has 11 heteroatoms. The number of carbonyl (C=O) groups excluding carboxylic acids is 3. The van der Waals surface area contributed by atoms with Gasteiger partial charge in [-0.05, 0) is 94.1 Å². The number of para-hydroxylation sites is 3. The molecule has 6 rings (SSSR count). The Hall–Kier alpha value is -6.10. The van der Waals surface area contributed by atoms with Crippen LogP contribution in [-0.2, 0) is 31.2 Å². The molecule has 0 aliphatic rings. The summed E-state index contributed by atoms with van der Waals surface area (Å²) in [6.07, 6.45) is 2.63. The van der Waals surface area contributed by atoms with Crippen LogP contribution in [0.2, 0.25) is 0 Å². The lowest BCUT2D eigenvalue weighted by Gasteiger charge is -2.28. The number of anilines is 2. The molecular weight excluding hydrogens is 938 g/mol. The molecule has 1 heterocycles. The monoisotopic (exact) mass is 1030 g/mol. The highest BCUT2D eigenvalue weighted by Crippen LogP contribution is 2.36. The van der Waals surface area contributed by atoms with Crippen LogP contribution in [0.1, 0.15) is 184 Å². The van der Waals surface area contributed by atoms with Gasteiger partial charge in [-0.1, -0.05) is 235 Å². The molecule has 0 aliphatic carbocycles. The summed E-state index contributed by atoms with van der Waals surface area (Å²) in [6, 6.07) is 43.8. The molecule has 74 heavy (non-hydrogen) atoms. The number of nitrogen functional groups attached to an aromatic ring is 2. The summed E-state index contributed by atoms with van der Waals surface area (Å²) in [6.45, 7) is 38.0. The van der Waals surface area contributed by atoms with E-state index in [1.807, 2.05) is 95.5 Å². The van der Waals surface area contributed by atoms with E-state index in [1.54, 1.807) is 24.3 Å². The van der Waals surface area contributed by atoms with E-state index in [0.717, 1.165) is 47.8 Å². The number of halogens is 1. The zero-order valence-electron chi connectivity index (χ0n) is 47.4. The van der Waals surface area contributed by atoms with E-state index in [4.69, 9.17) is 23.2 Å². The molecule has 10 nitrogen and oxygen atoms in total. The summed E-state index contributed by atoms with van der Waals surface area (Å²) in [5.74, 6) is 6.64. The largest absolute Gasteiger partial charge is 0.398 e. The zero-order chi connectivity index (χ0) is 55.6. The van der Waals surface area contributed by atoms with Crippen molar-refractivity contribution in [1.29, 1.82) is 0 Å². The fourth-order valence-corrected chi connectivity index (χ4v) is 7.01. The fourth-order valence-electron chi connectivity index (χ4n) is 6.88. The van der Waals surface area contributed by atoms with Crippen molar-refractivity contribution in [3.8, 4) is 17.1 Å². The Morgan fingerprint density at radius 3 is 1.39 bits per heavy atom. The summed E-state index contributed by atoms with van der Waals surface area (Å²) in [5, 5.41) is 12.1. The van der Waals surface area contributed by atoms with Crippen LogP contribution in [0.25, 0.3) is 17.1 Å². The third-order valence-corrected chi connectivity index (χ3v) is 13.5. The van der Waals surface area contributed by atoms with Gasteiger partial charge in [0, 0.05) is 38.7 Å². The van der Waals surface area contributed by atoms with Gasteiger partial charge in [-0.25, -0.2) is 5.84 Å². The van der Waals surface area contributed by atoms with Gasteiger partial charge >= 0.3 is 0 Å². The first-order valence-corrected chi connectivity index (χ1v) is 25.8. The minimum Gasteiger partial charge on any atom is -0.398 e. The van der Waals surface area contributed by atoms with Gasteiger partial charge in [0.1, 0.15) is 5.82 Å². The number of hydrazine groups is 1. The Bertz CT molecular complexity index is 2650. The van der Waals surface area contributed by atoms with Crippen molar-refractivity contribution in [3.05, 3.63) is 162 Å². The Morgan fingerprint density at radius 2 is 0.973 bits per heavy atom. The van der Waals surface area contributed by atoms with Crippen molar-refractivity contribution in [1.82, 2.24) is 20.2 Å². The number of amides is 2. The summed E-state index contributed by atoms with van der Waals surface area (Å²) >= 11 is 5.23. The topological polar surface area (TPSA) is 158 Å². The predicted octanol–water partition coefficient (Wildman–Crippen LogP) is 16.0. The van der Waals surface area contributed by atoms with Crippen LogP contribution in [0.15, 0.2) is 133 Å². The molecular formula is C63H92ClN7O3. The molecule has 6 N–H and O–H groups in total. The molecule has 0 saturated carbocycles. The average Bonchev–Trinajstić information content (AvgIpc) is 3.81. The highest BCUT2D eigenvalue weighted by atomic mass is 35.5.